The van der Waals surface area contributed by atoms with Crippen LogP contribution in [0.1, 0.15) is 13.8 Å². The molecule has 2 aromatic rings. The van der Waals surface area contributed by atoms with E-state index in [2.05, 4.69) is 4.98 Å². The molecule has 0 N–H and O–H groups in total. The molecule has 0 fully saturated rings. The average Bonchev–Trinajstić information content (AvgIpc) is 2.55. The molecule has 0 atom stereocenters. The Hall–Kier alpha value is -1.04. The van der Waals surface area contributed by atoms with Gasteiger partial charge in [-0.05, 0) is 32.1 Å². The maximum Gasteiger partial charge on any atom is 0.233 e. The van der Waals surface area contributed by atoms with Gasteiger partial charge < -0.3 is 14.2 Å². The molecular weight excluding hydrogens is 455 g/mol. The normalized spacial score (nSPS) is 11.1. The highest BCUT2D eigenvalue weighted by Gasteiger charge is 2.24. The topological polar surface area (TPSA) is 40.6 Å². The average molecular weight is 472 g/mol. The molecule has 4 nitrogen and oxygen atoms in total. The Morgan fingerprint density at radius 1 is 1.07 bits per heavy atom. The molecular formula is C18H16Cl5NO3. The van der Waals surface area contributed by atoms with Crippen LogP contribution in [0.3, 0.4) is 0 Å². The van der Waals surface area contributed by atoms with Crippen LogP contribution in [-0.4, -0.2) is 23.8 Å². The molecule has 1 heterocycles. The van der Waals surface area contributed by atoms with Crippen molar-refractivity contribution < 1.29 is 14.2 Å². The molecule has 0 amide bonds. The summed E-state index contributed by atoms with van der Waals surface area (Å²) in [7, 11) is 0. The minimum Gasteiger partial charge on any atom is -0.489 e. The maximum absolute atomic E-state index is 6.26. The molecule has 9 heteroatoms. The van der Waals surface area contributed by atoms with E-state index >= 15 is 0 Å². The first-order chi connectivity index (χ1) is 12.7. The minimum absolute atomic E-state index is 0.113. The maximum atomic E-state index is 6.26. The van der Waals surface area contributed by atoms with Crippen molar-refractivity contribution in [1.82, 2.24) is 4.98 Å². The molecule has 0 unspecified atom stereocenters. The van der Waals surface area contributed by atoms with Crippen molar-refractivity contribution in [3.63, 3.8) is 0 Å². The van der Waals surface area contributed by atoms with Crippen LogP contribution < -0.4 is 14.2 Å². The third kappa shape index (κ3) is 7.13. The number of hydrogen-bond donors (Lipinski definition) is 0. The highest BCUT2D eigenvalue weighted by Crippen LogP contribution is 2.37. The van der Waals surface area contributed by atoms with Crippen LogP contribution in [0.15, 0.2) is 41.0 Å². The van der Waals surface area contributed by atoms with Crippen molar-refractivity contribution in [2.24, 2.45) is 0 Å². The van der Waals surface area contributed by atoms with Gasteiger partial charge in [0.2, 0.25) is 5.88 Å². The van der Waals surface area contributed by atoms with Crippen molar-refractivity contribution in [2.75, 3.05) is 13.2 Å². The third-order valence-electron chi connectivity index (χ3n) is 3.12. The van der Waals surface area contributed by atoms with Crippen LogP contribution in [0.4, 0.5) is 0 Å². The van der Waals surface area contributed by atoms with Gasteiger partial charge in [0.05, 0.1) is 10.0 Å². The van der Waals surface area contributed by atoms with E-state index in [0.29, 0.717) is 32.4 Å². The number of benzene rings is 1. The Morgan fingerprint density at radius 3 is 2.33 bits per heavy atom. The Bertz CT molecular complexity index is 799. The van der Waals surface area contributed by atoms with Crippen LogP contribution in [0, 0.1) is 0 Å². The van der Waals surface area contributed by atoms with E-state index in [9.17, 15) is 0 Å². The van der Waals surface area contributed by atoms with Crippen molar-refractivity contribution in [1.29, 1.82) is 0 Å². The summed E-state index contributed by atoms with van der Waals surface area (Å²) in [5.41, 5.74) is -0.734. The van der Waals surface area contributed by atoms with Crippen LogP contribution in [0.2, 0.25) is 15.1 Å². The zero-order chi connectivity index (χ0) is 20.0. The molecule has 0 aliphatic heterocycles. The van der Waals surface area contributed by atoms with Crippen LogP contribution in [0.25, 0.3) is 0 Å². The molecule has 146 valence electrons. The molecule has 0 aliphatic rings. The summed E-state index contributed by atoms with van der Waals surface area (Å²) in [4.78, 5) is 4.10. The van der Waals surface area contributed by atoms with Gasteiger partial charge in [-0.3, -0.25) is 0 Å². The van der Waals surface area contributed by atoms with Gasteiger partial charge in [-0.2, -0.15) is 0 Å². The molecule has 0 radical (unpaired) electrons. The zero-order valence-electron chi connectivity index (χ0n) is 14.4. The van der Waals surface area contributed by atoms with E-state index in [-0.39, 0.29) is 17.7 Å². The van der Waals surface area contributed by atoms with Gasteiger partial charge in [0.25, 0.3) is 0 Å². The van der Waals surface area contributed by atoms with Gasteiger partial charge in [0.15, 0.2) is 5.75 Å². The Labute approximate surface area is 182 Å². The Balaban J connectivity index is 2.04. The Kier molecular flexibility index (Phi) is 8.20. The second-order valence-corrected chi connectivity index (χ2v) is 8.19. The Morgan fingerprint density at radius 2 is 1.74 bits per heavy atom. The summed E-state index contributed by atoms with van der Waals surface area (Å²) < 4.78 is 17.2. The van der Waals surface area contributed by atoms with E-state index < -0.39 is 5.60 Å². The summed E-state index contributed by atoms with van der Waals surface area (Å²) in [5, 5.41) is 1.00. The first-order valence-electron chi connectivity index (χ1n) is 7.73. The van der Waals surface area contributed by atoms with Crippen molar-refractivity contribution in [2.45, 2.75) is 19.4 Å². The number of rotatable bonds is 8. The number of nitrogens with zero attached hydrogens (tertiary/aromatic N) is 1. The van der Waals surface area contributed by atoms with E-state index in [0.717, 1.165) is 0 Å². The van der Waals surface area contributed by atoms with E-state index in [4.69, 9.17) is 72.2 Å². The van der Waals surface area contributed by atoms with Crippen LogP contribution in [0.5, 0.6) is 17.4 Å². The lowest BCUT2D eigenvalue weighted by molar-refractivity contribution is 0.0481. The lowest BCUT2D eigenvalue weighted by Gasteiger charge is -2.26. The SMILES string of the molecule is CC(C)(COc1c(Cl)cc(OCC=C(Cl)Cl)cc1Cl)Oc1ncccc1Cl. The molecule has 0 saturated carbocycles. The smallest absolute Gasteiger partial charge is 0.233 e. The first kappa shape index (κ1) is 22.3. The summed E-state index contributed by atoms with van der Waals surface area (Å²) >= 11 is 29.7. The van der Waals surface area contributed by atoms with Gasteiger partial charge in [0.1, 0.15) is 34.1 Å². The predicted molar refractivity (Wildman–Crippen MR) is 111 cm³/mol. The first-order valence-corrected chi connectivity index (χ1v) is 9.62. The van der Waals surface area contributed by atoms with Gasteiger partial charge in [-0.1, -0.05) is 58.0 Å². The van der Waals surface area contributed by atoms with Crippen molar-refractivity contribution >= 4 is 58.0 Å². The second kappa shape index (κ2) is 9.94. The fraction of sp³-hybridized carbons (Fsp3) is 0.278. The minimum atomic E-state index is -0.734. The standard InChI is InChI=1S/C18H16Cl5NO3/c1-18(2,27-17-12(19)4-3-6-24-17)10-26-16-13(20)8-11(9-14(16)21)25-7-5-15(22)23/h3-6,8-9H,7,10H2,1-2H3. The number of halogens is 5. The molecule has 0 bridgehead atoms. The molecule has 1 aromatic carbocycles. The molecule has 0 aliphatic carbocycles. The summed E-state index contributed by atoms with van der Waals surface area (Å²) in [6.45, 7) is 4.00. The highest BCUT2D eigenvalue weighted by atomic mass is 35.5. The van der Waals surface area contributed by atoms with Crippen molar-refractivity contribution in [3.05, 3.63) is 56.1 Å². The molecule has 0 spiro atoms. The summed E-state index contributed by atoms with van der Waals surface area (Å²) in [5.74, 6) is 1.10. The largest absolute Gasteiger partial charge is 0.489 e. The second-order valence-electron chi connectivity index (χ2n) is 5.96. The summed E-state index contributed by atoms with van der Waals surface area (Å²) in [6.07, 6.45) is 3.09. The lowest BCUT2D eigenvalue weighted by atomic mass is 10.1. The molecule has 0 saturated heterocycles. The van der Waals surface area contributed by atoms with Crippen LogP contribution in [-0.2, 0) is 0 Å². The van der Waals surface area contributed by atoms with E-state index in [1.807, 2.05) is 13.8 Å². The predicted octanol–water partition coefficient (Wildman–Crippen LogP) is 6.98. The van der Waals surface area contributed by atoms with Gasteiger partial charge in [-0.15, -0.1) is 0 Å². The van der Waals surface area contributed by atoms with Crippen molar-refractivity contribution in [3.8, 4) is 17.4 Å². The molecule has 1 aromatic heterocycles. The number of hydrogen-bond acceptors (Lipinski definition) is 4. The van der Waals surface area contributed by atoms with E-state index in [1.54, 1.807) is 30.5 Å². The fourth-order valence-corrected chi connectivity index (χ4v) is 2.80. The number of pyridine rings is 1. The molecule has 2 rings (SSSR count). The summed E-state index contributed by atoms with van der Waals surface area (Å²) in [6, 6.07) is 6.59. The molecule has 27 heavy (non-hydrogen) atoms. The lowest BCUT2D eigenvalue weighted by Crippen LogP contribution is -2.36. The monoisotopic (exact) mass is 469 g/mol. The van der Waals surface area contributed by atoms with Gasteiger partial charge in [0, 0.05) is 18.3 Å². The number of aromatic nitrogens is 1. The van der Waals surface area contributed by atoms with Crippen LogP contribution >= 0.6 is 58.0 Å². The third-order valence-corrected chi connectivity index (χ3v) is 4.28. The fourth-order valence-electron chi connectivity index (χ4n) is 1.94. The zero-order valence-corrected chi connectivity index (χ0v) is 18.2. The van der Waals surface area contributed by atoms with Gasteiger partial charge in [-0.25, -0.2) is 4.98 Å². The highest BCUT2D eigenvalue weighted by molar-refractivity contribution is 6.55. The van der Waals surface area contributed by atoms with E-state index in [1.165, 1.54) is 6.08 Å². The number of ether oxygens (including phenoxy) is 3. The van der Waals surface area contributed by atoms with Gasteiger partial charge >= 0.3 is 0 Å². The quantitative estimate of drug-likeness (QED) is 0.417.